The summed E-state index contributed by atoms with van der Waals surface area (Å²) in [6, 6.07) is 14.9. The summed E-state index contributed by atoms with van der Waals surface area (Å²) in [4.78, 5) is 39.6. The normalized spacial score (nSPS) is 13.4. The molecule has 182 valence electrons. The van der Waals surface area contributed by atoms with Crippen LogP contribution >= 0.6 is 0 Å². The number of nitro groups is 1. The number of aromatic nitrogens is 2. The van der Waals surface area contributed by atoms with E-state index in [0.29, 0.717) is 43.3 Å². The zero-order valence-corrected chi connectivity index (χ0v) is 19.4. The minimum atomic E-state index is -0.493. The number of hydrogen-bond acceptors (Lipinski definition) is 7. The van der Waals surface area contributed by atoms with Crippen molar-refractivity contribution in [1.82, 2.24) is 19.6 Å². The molecule has 0 aliphatic carbocycles. The molecule has 0 saturated carbocycles. The Balaban J connectivity index is 1.67. The number of rotatable bonds is 6. The van der Waals surface area contributed by atoms with E-state index in [1.54, 1.807) is 54.2 Å². The van der Waals surface area contributed by atoms with Crippen molar-refractivity contribution >= 4 is 17.7 Å². The fourth-order valence-corrected chi connectivity index (χ4v) is 3.84. The first-order valence-corrected chi connectivity index (χ1v) is 11.1. The van der Waals surface area contributed by atoms with Crippen LogP contribution in [-0.4, -0.2) is 76.4 Å². The van der Waals surface area contributed by atoms with Gasteiger partial charge in [0.15, 0.2) is 0 Å². The molecule has 0 spiro atoms. The molecule has 11 heteroatoms. The summed E-state index contributed by atoms with van der Waals surface area (Å²) >= 11 is 0. The van der Waals surface area contributed by atoms with Gasteiger partial charge in [-0.3, -0.25) is 14.9 Å². The molecule has 1 aliphatic heterocycles. The zero-order valence-electron chi connectivity index (χ0n) is 19.4. The molecule has 2 aromatic carbocycles. The van der Waals surface area contributed by atoms with Gasteiger partial charge in [-0.1, -0.05) is 6.07 Å². The zero-order chi connectivity index (χ0) is 24.9. The predicted molar refractivity (Wildman–Crippen MR) is 127 cm³/mol. The number of carbonyl (C=O) groups is 2. The van der Waals surface area contributed by atoms with E-state index in [1.165, 1.54) is 16.8 Å². The van der Waals surface area contributed by atoms with E-state index in [9.17, 15) is 19.7 Å². The Morgan fingerprint density at radius 1 is 1.03 bits per heavy atom. The molecule has 35 heavy (non-hydrogen) atoms. The highest BCUT2D eigenvalue weighted by molar-refractivity contribution is 5.94. The van der Waals surface area contributed by atoms with E-state index in [-0.39, 0.29) is 23.9 Å². The standard InChI is InChI=1S/C24H25N5O6/c1-3-35-24(31)27-13-11-26(12-14-27)23(30)22-16-21(17-7-9-20(34-2)10-8-17)25-28(22)18-5-4-6-19(15-18)29(32)33/h4-10,15-16H,3,11-14H2,1-2H3. The quantitative estimate of drug-likeness (QED) is 0.393. The van der Waals surface area contributed by atoms with Gasteiger partial charge in [-0.15, -0.1) is 0 Å². The molecular weight excluding hydrogens is 454 g/mol. The highest BCUT2D eigenvalue weighted by atomic mass is 16.6. The lowest BCUT2D eigenvalue weighted by molar-refractivity contribution is -0.384. The average Bonchev–Trinajstić information content (AvgIpc) is 3.34. The number of methoxy groups -OCH3 is 1. The number of piperazine rings is 1. The van der Waals surface area contributed by atoms with E-state index < -0.39 is 11.0 Å². The van der Waals surface area contributed by atoms with Crippen molar-refractivity contribution in [2.24, 2.45) is 0 Å². The van der Waals surface area contributed by atoms with Crippen molar-refractivity contribution in [2.45, 2.75) is 6.92 Å². The molecule has 3 aromatic rings. The van der Waals surface area contributed by atoms with Crippen LogP contribution in [0.25, 0.3) is 16.9 Å². The Labute approximate surface area is 201 Å². The van der Waals surface area contributed by atoms with Crippen molar-refractivity contribution in [3.8, 4) is 22.7 Å². The summed E-state index contributed by atoms with van der Waals surface area (Å²) in [7, 11) is 1.57. The lowest BCUT2D eigenvalue weighted by Gasteiger charge is -2.34. The number of non-ortho nitro benzene ring substituents is 1. The maximum absolute atomic E-state index is 13.5. The summed E-state index contributed by atoms with van der Waals surface area (Å²) in [6.45, 7) is 3.38. The molecule has 1 fully saturated rings. The van der Waals surface area contributed by atoms with Crippen LogP contribution in [0.5, 0.6) is 5.75 Å². The Kier molecular flexibility index (Phi) is 6.95. The van der Waals surface area contributed by atoms with Gasteiger partial charge < -0.3 is 19.3 Å². The maximum atomic E-state index is 13.5. The molecule has 11 nitrogen and oxygen atoms in total. The van der Waals surface area contributed by atoms with Gasteiger partial charge in [0.05, 0.1) is 30.0 Å². The molecule has 0 bridgehead atoms. The number of nitro benzene ring substituents is 1. The van der Waals surface area contributed by atoms with Crippen molar-refractivity contribution in [3.05, 3.63) is 70.4 Å². The summed E-state index contributed by atoms with van der Waals surface area (Å²) in [5.74, 6) is 0.398. The van der Waals surface area contributed by atoms with Crippen LogP contribution in [0.3, 0.4) is 0 Å². The van der Waals surface area contributed by atoms with Crippen molar-refractivity contribution in [3.63, 3.8) is 0 Å². The second kappa shape index (κ2) is 10.2. The fourth-order valence-electron chi connectivity index (χ4n) is 3.84. The minimum Gasteiger partial charge on any atom is -0.497 e. The van der Waals surface area contributed by atoms with E-state index in [4.69, 9.17) is 9.47 Å². The van der Waals surface area contributed by atoms with Gasteiger partial charge in [-0.05, 0) is 43.3 Å². The summed E-state index contributed by atoms with van der Waals surface area (Å²) < 4.78 is 11.7. The topological polar surface area (TPSA) is 120 Å². The minimum absolute atomic E-state index is 0.106. The molecule has 1 aromatic heterocycles. The van der Waals surface area contributed by atoms with Gasteiger partial charge in [0, 0.05) is 43.9 Å². The SMILES string of the molecule is CCOC(=O)N1CCN(C(=O)c2cc(-c3ccc(OC)cc3)nn2-c2cccc([N+](=O)[O-])c2)CC1. The monoisotopic (exact) mass is 479 g/mol. The largest absolute Gasteiger partial charge is 0.497 e. The second-order valence-electron chi connectivity index (χ2n) is 7.81. The van der Waals surface area contributed by atoms with Crippen LogP contribution in [0.1, 0.15) is 17.4 Å². The highest BCUT2D eigenvalue weighted by Crippen LogP contribution is 2.26. The number of ether oxygens (including phenoxy) is 2. The maximum Gasteiger partial charge on any atom is 0.409 e. The van der Waals surface area contributed by atoms with Crippen molar-refractivity contribution < 1.29 is 24.0 Å². The van der Waals surface area contributed by atoms with Crippen LogP contribution in [0.4, 0.5) is 10.5 Å². The molecule has 0 radical (unpaired) electrons. The molecule has 0 atom stereocenters. The molecule has 0 N–H and O–H groups in total. The number of nitrogens with zero attached hydrogens (tertiary/aromatic N) is 5. The highest BCUT2D eigenvalue weighted by Gasteiger charge is 2.28. The van der Waals surface area contributed by atoms with Gasteiger partial charge in [0.25, 0.3) is 11.6 Å². The smallest absolute Gasteiger partial charge is 0.409 e. The Morgan fingerprint density at radius 2 is 1.71 bits per heavy atom. The lowest BCUT2D eigenvalue weighted by atomic mass is 10.1. The summed E-state index contributed by atoms with van der Waals surface area (Å²) in [5.41, 5.74) is 1.85. The van der Waals surface area contributed by atoms with Crippen molar-refractivity contribution in [2.75, 3.05) is 39.9 Å². The Bertz CT molecular complexity index is 1230. The molecule has 1 aliphatic rings. The molecule has 0 unspecified atom stereocenters. The third kappa shape index (κ3) is 5.08. The van der Waals surface area contributed by atoms with Crippen LogP contribution < -0.4 is 4.74 Å². The summed E-state index contributed by atoms with van der Waals surface area (Å²) in [5, 5.41) is 15.9. The predicted octanol–water partition coefficient (Wildman–Crippen LogP) is 3.37. The third-order valence-electron chi connectivity index (χ3n) is 5.69. The lowest BCUT2D eigenvalue weighted by Crippen LogP contribution is -2.51. The van der Waals surface area contributed by atoms with Crippen LogP contribution in [0.15, 0.2) is 54.6 Å². The van der Waals surface area contributed by atoms with Crippen LogP contribution in [0, 0.1) is 10.1 Å². The molecule has 2 amide bonds. The molecule has 4 rings (SSSR count). The van der Waals surface area contributed by atoms with E-state index >= 15 is 0 Å². The van der Waals surface area contributed by atoms with Gasteiger partial charge in [0.2, 0.25) is 0 Å². The number of hydrogen-bond donors (Lipinski definition) is 0. The van der Waals surface area contributed by atoms with Crippen LogP contribution in [-0.2, 0) is 4.74 Å². The first kappa shape index (κ1) is 23.7. The van der Waals surface area contributed by atoms with E-state index in [1.807, 2.05) is 12.1 Å². The average molecular weight is 479 g/mol. The van der Waals surface area contributed by atoms with E-state index in [0.717, 1.165) is 5.56 Å². The molecular formula is C24H25N5O6. The first-order chi connectivity index (χ1) is 16.9. The summed E-state index contributed by atoms with van der Waals surface area (Å²) in [6.07, 6.45) is -0.400. The number of amides is 2. The fraction of sp³-hybridized carbons (Fsp3) is 0.292. The number of benzene rings is 2. The number of carbonyl (C=O) groups excluding carboxylic acids is 2. The van der Waals surface area contributed by atoms with Crippen molar-refractivity contribution in [1.29, 1.82) is 0 Å². The van der Waals surface area contributed by atoms with E-state index in [2.05, 4.69) is 5.10 Å². The third-order valence-corrected chi connectivity index (χ3v) is 5.69. The van der Waals surface area contributed by atoms with Gasteiger partial charge in [-0.2, -0.15) is 5.10 Å². The molecule has 2 heterocycles. The molecule has 1 saturated heterocycles. The van der Waals surface area contributed by atoms with Gasteiger partial charge >= 0.3 is 6.09 Å². The Morgan fingerprint density at radius 3 is 2.34 bits per heavy atom. The van der Waals surface area contributed by atoms with Gasteiger partial charge in [0.1, 0.15) is 11.4 Å². The van der Waals surface area contributed by atoms with Gasteiger partial charge in [-0.25, -0.2) is 9.48 Å². The van der Waals surface area contributed by atoms with Crippen LogP contribution in [0.2, 0.25) is 0 Å². The first-order valence-electron chi connectivity index (χ1n) is 11.1. The Hall–Kier alpha value is -4.41. The second-order valence-corrected chi connectivity index (χ2v) is 7.81.